The molecular weight excluding hydrogens is 218 g/mol. The number of piperidine rings is 1. The number of nitrogens with two attached hydrogens (primary N) is 1. The van der Waals surface area contributed by atoms with Crippen molar-refractivity contribution < 1.29 is 9.21 Å². The van der Waals surface area contributed by atoms with Gasteiger partial charge in [-0.1, -0.05) is 6.92 Å². The minimum absolute atomic E-state index is 0.0645. The first-order valence-electron chi connectivity index (χ1n) is 6.03. The van der Waals surface area contributed by atoms with E-state index in [4.69, 9.17) is 10.2 Å². The van der Waals surface area contributed by atoms with Gasteiger partial charge in [-0.15, -0.1) is 0 Å². The Kier molecular flexibility index (Phi) is 3.47. The molecule has 2 rings (SSSR count). The first kappa shape index (κ1) is 12.1. The number of hydrogen-bond donors (Lipinski definition) is 1. The summed E-state index contributed by atoms with van der Waals surface area (Å²) >= 11 is 0. The average molecular weight is 237 g/mol. The molecular formula is C12H19N3O2. The Hall–Kier alpha value is -1.36. The van der Waals surface area contributed by atoms with Crippen molar-refractivity contribution in [1.29, 1.82) is 0 Å². The zero-order valence-electron chi connectivity index (χ0n) is 10.3. The molecule has 1 aromatic rings. The van der Waals surface area contributed by atoms with Gasteiger partial charge in [-0.05, 0) is 31.7 Å². The lowest BCUT2D eigenvalue weighted by atomic mass is 9.87. The van der Waals surface area contributed by atoms with E-state index in [9.17, 15) is 4.79 Å². The number of likely N-dealkylation sites (tertiary alicyclic amines) is 1. The van der Waals surface area contributed by atoms with Crippen molar-refractivity contribution in [1.82, 2.24) is 9.88 Å². The summed E-state index contributed by atoms with van der Waals surface area (Å²) in [5, 5.41) is 0. The van der Waals surface area contributed by atoms with E-state index in [1.165, 1.54) is 6.39 Å². The molecule has 1 saturated heterocycles. The van der Waals surface area contributed by atoms with Gasteiger partial charge in [0, 0.05) is 13.1 Å². The van der Waals surface area contributed by atoms with Gasteiger partial charge in [-0.2, -0.15) is 0 Å². The Bertz CT molecular complexity index is 402. The smallest absolute Gasteiger partial charge is 0.291 e. The number of oxazole rings is 1. The number of amides is 1. The van der Waals surface area contributed by atoms with Crippen LogP contribution in [0.25, 0.3) is 0 Å². The third-order valence-electron chi connectivity index (χ3n) is 3.64. The Morgan fingerprint density at radius 1 is 1.71 bits per heavy atom. The molecule has 2 N–H and O–H groups in total. The Labute approximate surface area is 101 Å². The van der Waals surface area contributed by atoms with Gasteiger partial charge in [0.05, 0.1) is 5.69 Å². The molecule has 1 amide bonds. The molecule has 0 bridgehead atoms. The van der Waals surface area contributed by atoms with Gasteiger partial charge >= 0.3 is 0 Å². The molecule has 2 unspecified atom stereocenters. The first-order valence-corrected chi connectivity index (χ1v) is 6.03. The van der Waals surface area contributed by atoms with Gasteiger partial charge in [0.2, 0.25) is 5.76 Å². The van der Waals surface area contributed by atoms with Crippen molar-refractivity contribution >= 4 is 5.91 Å². The molecule has 1 fully saturated rings. The molecule has 17 heavy (non-hydrogen) atoms. The number of aromatic nitrogens is 1. The number of hydrogen-bond acceptors (Lipinski definition) is 4. The van der Waals surface area contributed by atoms with Crippen molar-refractivity contribution in [3.05, 3.63) is 17.8 Å². The van der Waals surface area contributed by atoms with Crippen molar-refractivity contribution in [2.75, 3.05) is 19.6 Å². The van der Waals surface area contributed by atoms with Crippen LogP contribution in [0, 0.1) is 18.8 Å². The second-order valence-corrected chi connectivity index (χ2v) is 4.78. The largest absolute Gasteiger partial charge is 0.438 e. The molecule has 5 heteroatoms. The molecule has 1 aliphatic rings. The van der Waals surface area contributed by atoms with Crippen molar-refractivity contribution in [2.24, 2.45) is 17.6 Å². The van der Waals surface area contributed by atoms with Gasteiger partial charge in [-0.3, -0.25) is 4.79 Å². The summed E-state index contributed by atoms with van der Waals surface area (Å²) in [6.45, 7) is 6.09. The van der Waals surface area contributed by atoms with E-state index in [0.717, 1.165) is 19.5 Å². The van der Waals surface area contributed by atoms with E-state index in [2.05, 4.69) is 11.9 Å². The standard InChI is InChI=1S/C12H19N3O2/c1-8-3-4-15(6-10(8)5-13)12(16)11-9(2)14-7-17-11/h7-8,10H,3-6,13H2,1-2H3. The van der Waals surface area contributed by atoms with Crippen LogP contribution in [0.4, 0.5) is 0 Å². The summed E-state index contributed by atoms with van der Waals surface area (Å²) in [6, 6.07) is 0. The number of nitrogens with zero attached hydrogens (tertiary/aromatic N) is 2. The maximum atomic E-state index is 12.2. The van der Waals surface area contributed by atoms with Gasteiger partial charge in [-0.25, -0.2) is 4.98 Å². The number of carbonyl (C=O) groups excluding carboxylic acids is 1. The van der Waals surface area contributed by atoms with Crippen LogP contribution in [-0.4, -0.2) is 35.4 Å². The fourth-order valence-electron chi connectivity index (χ4n) is 2.29. The van der Waals surface area contributed by atoms with Crippen LogP contribution >= 0.6 is 0 Å². The van der Waals surface area contributed by atoms with Gasteiger partial charge in [0.1, 0.15) is 0 Å². The highest BCUT2D eigenvalue weighted by molar-refractivity contribution is 5.92. The highest BCUT2D eigenvalue weighted by atomic mass is 16.3. The molecule has 5 nitrogen and oxygen atoms in total. The minimum atomic E-state index is -0.0645. The highest BCUT2D eigenvalue weighted by Crippen LogP contribution is 2.23. The summed E-state index contributed by atoms with van der Waals surface area (Å²) in [5.41, 5.74) is 6.38. The van der Waals surface area contributed by atoms with Gasteiger partial charge < -0.3 is 15.1 Å². The summed E-state index contributed by atoms with van der Waals surface area (Å²) in [4.78, 5) is 18.0. The lowest BCUT2D eigenvalue weighted by Gasteiger charge is -2.36. The van der Waals surface area contributed by atoms with Crippen LogP contribution in [0.5, 0.6) is 0 Å². The fraction of sp³-hybridized carbons (Fsp3) is 0.667. The normalized spacial score (nSPS) is 25.0. The molecule has 1 aromatic heterocycles. The third kappa shape index (κ3) is 2.34. The molecule has 0 aliphatic carbocycles. The summed E-state index contributed by atoms with van der Waals surface area (Å²) < 4.78 is 5.14. The minimum Gasteiger partial charge on any atom is -0.438 e. The Morgan fingerprint density at radius 3 is 3.06 bits per heavy atom. The van der Waals surface area contributed by atoms with E-state index >= 15 is 0 Å². The SMILES string of the molecule is Cc1ncoc1C(=O)N1CCC(C)C(CN)C1. The van der Waals surface area contributed by atoms with Crippen LogP contribution in [0.1, 0.15) is 29.6 Å². The summed E-state index contributed by atoms with van der Waals surface area (Å²) in [5.74, 6) is 1.26. The van der Waals surface area contributed by atoms with Crippen molar-refractivity contribution in [3.63, 3.8) is 0 Å². The van der Waals surface area contributed by atoms with Crippen LogP contribution in [-0.2, 0) is 0 Å². The number of rotatable bonds is 2. The molecule has 0 spiro atoms. The van der Waals surface area contributed by atoms with E-state index < -0.39 is 0 Å². The van der Waals surface area contributed by atoms with Gasteiger partial charge in [0.25, 0.3) is 5.91 Å². The Balaban J connectivity index is 2.09. The monoisotopic (exact) mass is 237 g/mol. The predicted octanol–water partition coefficient (Wildman–Crippen LogP) is 1.04. The molecule has 2 heterocycles. The zero-order valence-corrected chi connectivity index (χ0v) is 10.3. The third-order valence-corrected chi connectivity index (χ3v) is 3.64. The van der Waals surface area contributed by atoms with E-state index in [-0.39, 0.29) is 5.91 Å². The lowest BCUT2D eigenvalue weighted by molar-refractivity contribution is 0.0586. The van der Waals surface area contributed by atoms with E-state index in [0.29, 0.717) is 29.8 Å². The quantitative estimate of drug-likeness (QED) is 0.834. The number of carbonyl (C=O) groups is 1. The van der Waals surface area contributed by atoms with Crippen LogP contribution in [0.3, 0.4) is 0 Å². The summed E-state index contributed by atoms with van der Waals surface area (Å²) in [7, 11) is 0. The molecule has 0 saturated carbocycles. The van der Waals surface area contributed by atoms with Crippen LogP contribution in [0.2, 0.25) is 0 Å². The number of aryl methyl sites for hydroxylation is 1. The Morgan fingerprint density at radius 2 is 2.47 bits per heavy atom. The van der Waals surface area contributed by atoms with E-state index in [1.807, 2.05) is 4.90 Å². The van der Waals surface area contributed by atoms with Crippen molar-refractivity contribution in [3.8, 4) is 0 Å². The molecule has 0 aromatic carbocycles. The van der Waals surface area contributed by atoms with Crippen LogP contribution in [0.15, 0.2) is 10.8 Å². The maximum Gasteiger partial charge on any atom is 0.291 e. The highest BCUT2D eigenvalue weighted by Gasteiger charge is 2.30. The molecule has 94 valence electrons. The van der Waals surface area contributed by atoms with Crippen molar-refractivity contribution in [2.45, 2.75) is 20.3 Å². The fourth-order valence-corrected chi connectivity index (χ4v) is 2.29. The molecule has 1 aliphatic heterocycles. The lowest BCUT2D eigenvalue weighted by Crippen LogP contribution is -2.45. The zero-order chi connectivity index (χ0) is 12.4. The van der Waals surface area contributed by atoms with Gasteiger partial charge in [0.15, 0.2) is 6.39 Å². The van der Waals surface area contributed by atoms with Crippen LogP contribution < -0.4 is 5.73 Å². The predicted molar refractivity (Wildman–Crippen MR) is 63.5 cm³/mol. The first-order chi connectivity index (χ1) is 8.13. The van der Waals surface area contributed by atoms with E-state index in [1.54, 1.807) is 6.92 Å². The molecule has 0 radical (unpaired) electrons. The summed E-state index contributed by atoms with van der Waals surface area (Å²) in [6.07, 6.45) is 2.32. The maximum absolute atomic E-state index is 12.2. The average Bonchev–Trinajstić information content (AvgIpc) is 2.75. The second kappa shape index (κ2) is 4.87. The molecule has 2 atom stereocenters. The second-order valence-electron chi connectivity index (χ2n) is 4.78. The topological polar surface area (TPSA) is 72.4 Å².